The lowest BCUT2D eigenvalue weighted by Crippen LogP contribution is -2.50. The van der Waals surface area contributed by atoms with Crippen LogP contribution in [0.15, 0.2) is 48.7 Å². The van der Waals surface area contributed by atoms with Crippen LogP contribution in [0, 0.1) is 6.92 Å². The van der Waals surface area contributed by atoms with Crippen molar-refractivity contribution in [3.05, 3.63) is 65.3 Å². The monoisotopic (exact) mass is 489 g/mol. The van der Waals surface area contributed by atoms with E-state index >= 15 is 0 Å². The molecule has 0 unspecified atom stereocenters. The minimum Gasteiger partial charge on any atom is -0.354 e. The number of hydrogen-bond acceptors (Lipinski definition) is 7. The van der Waals surface area contributed by atoms with Crippen LogP contribution < -0.4 is 10.2 Å². The number of nitrogens with one attached hydrogen (secondary N) is 1. The molecule has 2 aromatic heterocycles. The van der Waals surface area contributed by atoms with E-state index in [4.69, 9.17) is 11.6 Å². The van der Waals surface area contributed by atoms with Gasteiger partial charge < -0.3 is 10.2 Å². The fraction of sp³-hybridized carbons (Fsp3) is 0.333. The Hall–Kier alpha value is -3.02. The largest absolute Gasteiger partial charge is 0.354 e. The van der Waals surface area contributed by atoms with Gasteiger partial charge in [-0.15, -0.1) is 5.10 Å². The zero-order valence-corrected chi connectivity index (χ0v) is 19.6. The van der Waals surface area contributed by atoms with Crippen molar-refractivity contribution >= 4 is 33.3 Å². The van der Waals surface area contributed by atoms with Gasteiger partial charge in [0.25, 0.3) is 5.91 Å². The second kappa shape index (κ2) is 9.86. The minimum absolute atomic E-state index is 0.0404. The number of rotatable bonds is 7. The average Bonchev–Trinajstić information content (AvgIpc) is 3.21. The molecule has 4 rings (SSSR count). The van der Waals surface area contributed by atoms with Crippen molar-refractivity contribution in [3.8, 4) is 5.69 Å². The molecule has 1 aliphatic rings. The molecule has 1 saturated heterocycles. The molecule has 0 spiro atoms. The lowest BCUT2D eigenvalue weighted by atomic mass is 10.3. The first kappa shape index (κ1) is 23.1. The van der Waals surface area contributed by atoms with Gasteiger partial charge in [0.1, 0.15) is 11.6 Å². The molecule has 1 aliphatic heterocycles. The number of nitrogens with zero attached hydrogens (tertiary/aromatic N) is 6. The molecule has 12 heteroatoms. The van der Waals surface area contributed by atoms with Gasteiger partial charge >= 0.3 is 0 Å². The molecule has 3 heterocycles. The van der Waals surface area contributed by atoms with Crippen LogP contribution >= 0.6 is 11.6 Å². The first-order chi connectivity index (χ1) is 15.8. The highest BCUT2D eigenvalue weighted by molar-refractivity contribution is 7.89. The van der Waals surface area contributed by atoms with E-state index in [-0.39, 0.29) is 18.1 Å². The fourth-order valence-electron chi connectivity index (χ4n) is 3.58. The van der Waals surface area contributed by atoms with Gasteiger partial charge in [-0.3, -0.25) is 4.79 Å². The van der Waals surface area contributed by atoms with Gasteiger partial charge in [-0.1, -0.05) is 29.8 Å². The smallest absolute Gasteiger partial charge is 0.291 e. The number of carbonyl (C=O) groups excluding carboxylic acids is 1. The van der Waals surface area contributed by atoms with E-state index in [9.17, 15) is 13.2 Å². The number of benzene rings is 1. The summed E-state index contributed by atoms with van der Waals surface area (Å²) < 4.78 is 28.4. The van der Waals surface area contributed by atoms with Gasteiger partial charge in [0.05, 0.1) is 16.5 Å². The van der Waals surface area contributed by atoms with Crippen LogP contribution in [-0.2, 0) is 10.0 Å². The molecule has 0 atom stereocenters. The van der Waals surface area contributed by atoms with E-state index in [2.05, 4.69) is 25.3 Å². The van der Waals surface area contributed by atoms with Crippen LogP contribution in [0.1, 0.15) is 16.4 Å². The topological polar surface area (TPSA) is 113 Å². The van der Waals surface area contributed by atoms with E-state index < -0.39 is 15.9 Å². The van der Waals surface area contributed by atoms with Crippen LogP contribution in [0.2, 0.25) is 5.02 Å². The van der Waals surface area contributed by atoms with E-state index in [1.54, 1.807) is 31.3 Å². The number of sulfonamides is 1. The molecular formula is C21H24ClN7O3S. The molecule has 0 radical (unpaired) electrons. The molecule has 33 heavy (non-hydrogen) atoms. The standard InChI is InChI=1S/C21H24ClN7O3S/c1-16-25-20(26-29(16)18-7-3-2-6-17(18)22)21(30)24-10-15-33(31,32)28-13-11-27(12-14-28)19-8-4-5-9-23-19/h2-9H,10-15H2,1H3,(H,24,30). The molecule has 174 valence electrons. The Morgan fingerprint density at radius 1 is 1.09 bits per heavy atom. The van der Waals surface area contributed by atoms with Gasteiger partial charge in [-0.2, -0.15) is 4.31 Å². The molecule has 1 N–H and O–H groups in total. The number of halogens is 1. The molecule has 10 nitrogen and oxygen atoms in total. The molecule has 1 fully saturated rings. The first-order valence-corrected chi connectivity index (χ1v) is 12.4. The lowest BCUT2D eigenvalue weighted by molar-refractivity contribution is 0.0945. The van der Waals surface area contributed by atoms with Gasteiger partial charge in [-0.05, 0) is 31.2 Å². The van der Waals surface area contributed by atoms with Gasteiger partial charge in [0, 0.05) is 38.9 Å². The maximum absolute atomic E-state index is 12.7. The van der Waals surface area contributed by atoms with Crippen molar-refractivity contribution in [2.45, 2.75) is 6.92 Å². The van der Waals surface area contributed by atoms with Crippen molar-refractivity contribution in [3.63, 3.8) is 0 Å². The number of carbonyl (C=O) groups is 1. The summed E-state index contributed by atoms with van der Waals surface area (Å²) in [5.74, 6) is 0.535. The van der Waals surface area contributed by atoms with Crippen LogP contribution in [0.4, 0.5) is 5.82 Å². The average molecular weight is 490 g/mol. The molecule has 1 amide bonds. The highest BCUT2D eigenvalue weighted by atomic mass is 35.5. The second-order valence-electron chi connectivity index (χ2n) is 7.49. The van der Waals surface area contributed by atoms with Gasteiger partial charge in [-0.25, -0.2) is 23.1 Å². The summed E-state index contributed by atoms with van der Waals surface area (Å²) in [6, 6.07) is 12.7. The molecular weight excluding hydrogens is 466 g/mol. The third-order valence-electron chi connectivity index (χ3n) is 5.30. The van der Waals surface area contributed by atoms with Gasteiger partial charge in [0.15, 0.2) is 0 Å². The van der Waals surface area contributed by atoms with Gasteiger partial charge in [0.2, 0.25) is 15.8 Å². The number of aryl methyl sites for hydroxylation is 1. The van der Waals surface area contributed by atoms with Crippen molar-refractivity contribution in [1.82, 2.24) is 29.4 Å². The zero-order valence-electron chi connectivity index (χ0n) is 18.1. The summed E-state index contributed by atoms with van der Waals surface area (Å²) in [5.41, 5.74) is 0.607. The Morgan fingerprint density at radius 2 is 1.82 bits per heavy atom. The van der Waals surface area contributed by atoms with E-state index in [0.29, 0.717) is 42.7 Å². The molecule has 0 bridgehead atoms. The van der Waals surface area contributed by atoms with Crippen LogP contribution in [0.5, 0.6) is 0 Å². The molecule has 1 aromatic carbocycles. The van der Waals surface area contributed by atoms with Crippen molar-refractivity contribution in [1.29, 1.82) is 0 Å². The van der Waals surface area contributed by atoms with Crippen LogP contribution in [0.25, 0.3) is 5.69 Å². The van der Waals surface area contributed by atoms with Crippen LogP contribution in [-0.4, -0.2) is 76.9 Å². The number of hydrogen-bond donors (Lipinski definition) is 1. The highest BCUT2D eigenvalue weighted by Crippen LogP contribution is 2.20. The quantitative estimate of drug-likeness (QED) is 0.535. The molecule has 3 aromatic rings. The highest BCUT2D eigenvalue weighted by Gasteiger charge is 2.27. The van der Waals surface area contributed by atoms with Crippen LogP contribution in [0.3, 0.4) is 0 Å². The number of amides is 1. The zero-order chi connectivity index (χ0) is 23.4. The summed E-state index contributed by atoms with van der Waals surface area (Å²) in [6.45, 7) is 3.53. The molecule has 0 saturated carbocycles. The Balaban J connectivity index is 1.31. The Morgan fingerprint density at radius 3 is 2.52 bits per heavy atom. The maximum Gasteiger partial charge on any atom is 0.291 e. The number of pyridine rings is 1. The minimum atomic E-state index is -3.51. The summed E-state index contributed by atoms with van der Waals surface area (Å²) in [5, 5.41) is 7.30. The normalized spacial score (nSPS) is 14.9. The first-order valence-electron chi connectivity index (χ1n) is 10.5. The number of piperazine rings is 1. The second-order valence-corrected chi connectivity index (χ2v) is 9.99. The number of anilines is 1. The van der Waals surface area contributed by atoms with E-state index in [0.717, 1.165) is 5.82 Å². The SMILES string of the molecule is Cc1nc(C(=O)NCCS(=O)(=O)N2CCN(c3ccccn3)CC2)nn1-c1ccccc1Cl. The molecule has 0 aliphatic carbocycles. The van der Waals surface area contributed by atoms with Crippen molar-refractivity contribution < 1.29 is 13.2 Å². The fourth-order valence-corrected chi connectivity index (χ4v) is 5.13. The third kappa shape index (κ3) is 5.32. The predicted molar refractivity (Wildman–Crippen MR) is 125 cm³/mol. The summed E-state index contributed by atoms with van der Waals surface area (Å²) in [4.78, 5) is 23.0. The van der Waals surface area contributed by atoms with Crippen molar-refractivity contribution in [2.75, 3.05) is 43.4 Å². The Bertz CT molecular complexity index is 1230. The summed E-state index contributed by atoms with van der Waals surface area (Å²) in [7, 11) is -3.51. The Labute approximate surface area is 197 Å². The van der Waals surface area contributed by atoms with E-state index in [1.807, 2.05) is 24.3 Å². The predicted octanol–water partition coefficient (Wildman–Crippen LogP) is 1.51. The Kier molecular flexibility index (Phi) is 6.91. The third-order valence-corrected chi connectivity index (χ3v) is 7.50. The summed E-state index contributed by atoms with van der Waals surface area (Å²) >= 11 is 6.20. The van der Waals surface area contributed by atoms with Crippen molar-refractivity contribution in [2.24, 2.45) is 0 Å². The van der Waals surface area contributed by atoms with E-state index in [1.165, 1.54) is 8.99 Å². The number of para-hydroxylation sites is 1. The number of aromatic nitrogens is 4. The lowest BCUT2D eigenvalue weighted by Gasteiger charge is -2.34. The maximum atomic E-state index is 12.7. The summed E-state index contributed by atoms with van der Waals surface area (Å²) in [6.07, 6.45) is 1.72.